The fourth-order valence-electron chi connectivity index (χ4n) is 5.04. The number of para-hydroxylation sites is 1. The van der Waals surface area contributed by atoms with E-state index < -0.39 is 0 Å². The van der Waals surface area contributed by atoms with Crippen LogP contribution in [0.4, 0.5) is 0 Å². The summed E-state index contributed by atoms with van der Waals surface area (Å²) in [6.45, 7) is 7.70. The number of aryl methyl sites for hydroxylation is 2. The predicted molar refractivity (Wildman–Crippen MR) is 131 cm³/mol. The average Bonchev–Trinajstić information content (AvgIpc) is 3.26. The first kappa shape index (κ1) is 23.1. The third-order valence-electron chi connectivity index (χ3n) is 6.88. The van der Waals surface area contributed by atoms with Gasteiger partial charge in [0, 0.05) is 42.5 Å². The number of aromatic nitrogens is 1. The van der Waals surface area contributed by atoms with Crippen molar-refractivity contribution in [1.82, 2.24) is 9.88 Å². The summed E-state index contributed by atoms with van der Waals surface area (Å²) in [6.07, 6.45) is 4.80. The lowest BCUT2D eigenvalue weighted by molar-refractivity contribution is -0.151. The maximum Gasteiger partial charge on any atom is 0.309 e. The summed E-state index contributed by atoms with van der Waals surface area (Å²) >= 11 is 0. The van der Waals surface area contributed by atoms with Crippen LogP contribution in [0.15, 0.2) is 48.7 Å². The standard InChI is InChI=1S/C28H34N2O3/c1-4-20-9-7-11-23-25(18-29-27(20)23)24(22-10-6-8-19(3)16-22)17-26(31)30-14-12-21(13-15-30)28(32)33-5-2/h6-11,16,18,21,24,29H,4-5,12-15,17H2,1-3H3. The lowest BCUT2D eigenvalue weighted by atomic mass is 9.86. The van der Waals surface area contributed by atoms with Crippen LogP contribution in [-0.2, 0) is 20.7 Å². The predicted octanol–water partition coefficient (Wildman–Crippen LogP) is 5.36. The number of piperidine rings is 1. The molecule has 4 rings (SSSR count). The van der Waals surface area contributed by atoms with E-state index in [1.54, 1.807) is 0 Å². The third-order valence-corrected chi connectivity index (χ3v) is 6.88. The SMILES string of the molecule is CCOC(=O)C1CCN(C(=O)CC(c2cccc(C)c2)c2c[nH]c3c(CC)cccc23)CC1. The first-order valence-electron chi connectivity index (χ1n) is 12.1. The van der Waals surface area contributed by atoms with Gasteiger partial charge in [0.15, 0.2) is 0 Å². The van der Waals surface area contributed by atoms with Crippen LogP contribution >= 0.6 is 0 Å². The monoisotopic (exact) mass is 446 g/mol. The number of fused-ring (bicyclic) bond motifs is 1. The molecule has 1 amide bonds. The summed E-state index contributed by atoms with van der Waals surface area (Å²) in [5.41, 5.74) is 5.96. The lowest BCUT2D eigenvalue weighted by Crippen LogP contribution is -2.41. The Kier molecular flexibility index (Phi) is 7.17. The molecule has 1 aliphatic rings. The molecule has 1 aliphatic heterocycles. The maximum absolute atomic E-state index is 13.4. The van der Waals surface area contributed by atoms with Gasteiger partial charge in [-0.15, -0.1) is 0 Å². The zero-order chi connectivity index (χ0) is 23.4. The van der Waals surface area contributed by atoms with E-state index in [1.165, 1.54) is 22.1 Å². The van der Waals surface area contributed by atoms with Crippen molar-refractivity contribution in [2.75, 3.05) is 19.7 Å². The highest BCUT2D eigenvalue weighted by Gasteiger charge is 2.30. The molecule has 174 valence electrons. The zero-order valence-electron chi connectivity index (χ0n) is 19.9. The number of amides is 1. The molecule has 1 atom stereocenters. The van der Waals surface area contributed by atoms with Crippen molar-refractivity contribution in [2.45, 2.75) is 52.4 Å². The molecule has 1 fully saturated rings. The van der Waals surface area contributed by atoms with Crippen LogP contribution in [0, 0.1) is 12.8 Å². The summed E-state index contributed by atoms with van der Waals surface area (Å²) in [5, 5.41) is 1.19. The minimum Gasteiger partial charge on any atom is -0.466 e. The molecule has 5 nitrogen and oxygen atoms in total. The summed E-state index contributed by atoms with van der Waals surface area (Å²) in [4.78, 5) is 30.9. The number of H-pyrrole nitrogens is 1. The van der Waals surface area contributed by atoms with Crippen molar-refractivity contribution in [2.24, 2.45) is 5.92 Å². The van der Waals surface area contributed by atoms with E-state index in [0.717, 1.165) is 17.5 Å². The van der Waals surface area contributed by atoms with Crippen molar-refractivity contribution in [1.29, 1.82) is 0 Å². The molecular weight excluding hydrogens is 412 g/mol. The molecule has 1 N–H and O–H groups in total. The number of hydrogen-bond donors (Lipinski definition) is 1. The van der Waals surface area contributed by atoms with Gasteiger partial charge in [-0.25, -0.2) is 0 Å². The number of benzene rings is 2. The second kappa shape index (κ2) is 10.2. The smallest absolute Gasteiger partial charge is 0.309 e. The van der Waals surface area contributed by atoms with Crippen LogP contribution in [0.3, 0.4) is 0 Å². The average molecular weight is 447 g/mol. The normalized spacial score (nSPS) is 15.5. The number of ether oxygens (including phenoxy) is 1. The van der Waals surface area contributed by atoms with Crippen LogP contribution in [0.1, 0.15) is 61.3 Å². The van der Waals surface area contributed by atoms with Crippen molar-refractivity contribution < 1.29 is 14.3 Å². The summed E-state index contributed by atoms with van der Waals surface area (Å²) in [5.74, 6) is -0.110. The van der Waals surface area contributed by atoms with Gasteiger partial charge >= 0.3 is 5.97 Å². The van der Waals surface area contributed by atoms with Crippen LogP contribution in [-0.4, -0.2) is 41.5 Å². The Hall–Kier alpha value is -3.08. The van der Waals surface area contributed by atoms with Gasteiger partial charge in [0.1, 0.15) is 0 Å². The summed E-state index contributed by atoms with van der Waals surface area (Å²) in [7, 11) is 0. The van der Waals surface area contributed by atoms with Gasteiger partial charge in [0.2, 0.25) is 5.91 Å². The molecule has 0 radical (unpaired) electrons. The quantitative estimate of drug-likeness (QED) is 0.497. The second-order valence-corrected chi connectivity index (χ2v) is 9.02. The first-order valence-corrected chi connectivity index (χ1v) is 12.1. The van der Waals surface area contributed by atoms with Gasteiger partial charge in [-0.2, -0.15) is 0 Å². The number of carbonyl (C=O) groups is 2. The van der Waals surface area contributed by atoms with Crippen LogP contribution in [0.25, 0.3) is 10.9 Å². The van der Waals surface area contributed by atoms with Gasteiger partial charge in [-0.05, 0) is 49.8 Å². The van der Waals surface area contributed by atoms with E-state index in [9.17, 15) is 9.59 Å². The van der Waals surface area contributed by atoms with Gasteiger partial charge in [0.25, 0.3) is 0 Å². The van der Waals surface area contributed by atoms with Crippen molar-refractivity contribution in [3.8, 4) is 0 Å². The number of esters is 1. The Balaban J connectivity index is 1.59. The van der Waals surface area contributed by atoms with Gasteiger partial charge < -0.3 is 14.6 Å². The summed E-state index contributed by atoms with van der Waals surface area (Å²) < 4.78 is 5.17. The Morgan fingerprint density at radius 2 is 1.88 bits per heavy atom. The maximum atomic E-state index is 13.4. The number of likely N-dealkylation sites (tertiary alicyclic amines) is 1. The molecule has 1 unspecified atom stereocenters. The number of nitrogens with zero attached hydrogens (tertiary/aromatic N) is 1. The molecular formula is C28H34N2O3. The minimum atomic E-state index is -0.132. The van der Waals surface area contributed by atoms with Crippen molar-refractivity contribution in [3.63, 3.8) is 0 Å². The molecule has 0 bridgehead atoms. The highest BCUT2D eigenvalue weighted by molar-refractivity contribution is 5.88. The Morgan fingerprint density at radius 3 is 2.58 bits per heavy atom. The highest BCUT2D eigenvalue weighted by atomic mass is 16.5. The van der Waals surface area contributed by atoms with E-state index in [2.05, 4.69) is 67.5 Å². The van der Waals surface area contributed by atoms with Gasteiger partial charge in [0.05, 0.1) is 12.5 Å². The van der Waals surface area contributed by atoms with Crippen molar-refractivity contribution in [3.05, 3.63) is 70.9 Å². The number of aromatic amines is 1. The minimum absolute atomic E-state index is 0.0268. The fraction of sp³-hybridized carbons (Fsp3) is 0.429. The third kappa shape index (κ3) is 4.97. The van der Waals surface area contributed by atoms with Crippen LogP contribution in [0.5, 0.6) is 0 Å². The molecule has 0 aliphatic carbocycles. The number of hydrogen-bond acceptors (Lipinski definition) is 3. The zero-order valence-corrected chi connectivity index (χ0v) is 19.9. The molecule has 2 aromatic carbocycles. The number of rotatable bonds is 7. The summed E-state index contributed by atoms with van der Waals surface area (Å²) in [6, 6.07) is 14.9. The second-order valence-electron chi connectivity index (χ2n) is 9.02. The van der Waals surface area contributed by atoms with E-state index in [-0.39, 0.29) is 23.7 Å². The number of nitrogens with one attached hydrogen (secondary N) is 1. The van der Waals surface area contributed by atoms with Gasteiger partial charge in [-0.3, -0.25) is 9.59 Å². The van der Waals surface area contributed by atoms with E-state index in [0.29, 0.717) is 39.0 Å². The Bertz CT molecular complexity index is 1130. The first-order chi connectivity index (χ1) is 16.0. The molecule has 33 heavy (non-hydrogen) atoms. The van der Waals surface area contributed by atoms with Gasteiger partial charge in [-0.1, -0.05) is 55.0 Å². The van der Waals surface area contributed by atoms with E-state index in [1.807, 2.05) is 11.8 Å². The fourth-order valence-corrected chi connectivity index (χ4v) is 5.04. The van der Waals surface area contributed by atoms with E-state index >= 15 is 0 Å². The lowest BCUT2D eigenvalue weighted by Gasteiger charge is -2.32. The molecule has 1 aromatic heterocycles. The molecule has 2 heterocycles. The van der Waals surface area contributed by atoms with Crippen LogP contribution < -0.4 is 0 Å². The molecule has 5 heteroatoms. The van der Waals surface area contributed by atoms with Crippen LogP contribution in [0.2, 0.25) is 0 Å². The molecule has 1 saturated heterocycles. The largest absolute Gasteiger partial charge is 0.466 e. The molecule has 0 spiro atoms. The van der Waals surface area contributed by atoms with E-state index in [4.69, 9.17) is 4.74 Å². The number of carbonyl (C=O) groups excluding carboxylic acids is 2. The Morgan fingerprint density at radius 1 is 1.12 bits per heavy atom. The molecule has 0 saturated carbocycles. The Labute approximate surface area is 196 Å². The topological polar surface area (TPSA) is 62.4 Å². The van der Waals surface area contributed by atoms with Crippen molar-refractivity contribution >= 4 is 22.8 Å². The molecule has 3 aromatic rings. The highest BCUT2D eigenvalue weighted by Crippen LogP contribution is 2.35.